The van der Waals surface area contributed by atoms with Crippen molar-refractivity contribution < 1.29 is 4.79 Å². The van der Waals surface area contributed by atoms with E-state index in [2.05, 4.69) is 40.3 Å². The van der Waals surface area contributed by atoms with Gasteiger partial charge < -0.3 is 5.32 Å². The number of carbonyl (C=O) groups excluding carboxylic acids is 1. The Balaban J connectivity index is 2.12. The van der Waals surface area contributed by atoms with Crippen molar-refractivity contribution in [3.8, 4) is 0 Å². The van der Waals surface area contributed by atoms with Gasteiger partial charge in [0.15, 0.2) is 0 Å². The Morgan fingerprint density at radius 3 is 2.71 bits per heavy atom. The quantitative estimate of drug-likeness (QED) is 0.769. The Kier molecular flexibility index (Phi) is 6.94. The van der Waals surface area contributed by atoms with E-state index in [0.29, 0.717) is 11.2 Å². The number of carbonyl (C=O) groups is 1. The molecule has 0 aliphatic rings. The zero-order valence-electron chi connectivity index (χ0n) is 10.3. The lowest BCUT2D eigenvalue weighted by molar-refractivity contribution is -0.121. The molecule has 0 aliphatic carbocycles. The first-order valence-corrected chi connectivity index (χ1v) is 7.08. The monoisotopic (exact) mass is 297 g/mol. The number of nitrogens with one attached hydrogen (secondary N) is 1. The molecular formula is C14H20BrNO. The van der Waals surface area contributed by atoms with Crippen LogP contribution in [-0.4, -0.2) is 17.3 Å². The van der Waals surface area contributed by atoms with Crippen LogP contribution in [0.25, 0.3) is 0 Å². The topological polar surface area (TPSA) is 29.1 Å². The molecule has 17 heavy (non-hydrogen) atoms. The van der Waals surface area contributed by atoms with E-state index in [1.807, 2.05) is 18.2 Å². The number of amides is 1. The molecule has 3 heteroatoms. The van der Waals surface area contributed by atoms with E-state index >= 15 is 0 Å². The fourth-order valence-corrected chi connectivity index (χ4v) is 1.72. The third-order valence-electron chi connectivity index (χ3n) is 2.68. The van der Waals surface area contributed by atoms with Crippen molar-refractivity contribution in [1.29, 1.82) is 0 Å². The van der Waals surface area contributed by atoms with E-state index in [4.69, 9.17) is 0 Å². The van der Waals surface area contributed by atoms with Gasteiger partial charge in [0, 0.05) is 17.8 Å². The average Bonchev–Trinajstić information content (AvgIpc) is 2.37. The summed E-state index contributed by atoms with van der Waals surface area (Å²) in [6, 6.07) is 10.3. The fourth-order valence-electron chi connectivity index (χ4n) is 1.56. The summed E-state index contributed by atoms with van der Waals surface area (Å²) in [6.07, 6.45) is 3.53. The molecule has 1 unspecified atom stereocenters. The second kappa shape index (κ2) is 8.29. The summed E-state index contributed by atoms with van der Waals surface area (Å²) in [7, 11) is 0. The van der Waals surface area contributed by atoms with Crippen molar-refractivity contribution in [1.82, 2.24) is 5.32 Å². The van der Waals surface area contributed by atoms with Gasteiger partial charge in [-0.3, -0.25) is 4.79 Å². The van der Waals surface area contributed by atoms with Gasteiger partial charge in [-0.25, -0.2) is 0 Å². The van der Waals surface area contributed by atoms with Gasteiger partial charge in [0.1, 0.15) is 0 Å². The first-order chi connectivity index (χ1) is 8.22. The normalized spacial score (nSPS) is 12.1. The Bertz CT molecular complexity index is 326. The smallest absolute Gasteiger partial charge is 0.220 e. The van der Waals surface area contributed by atoms with Crippen molar-refractivity contribution in [2.75, 3.05) is 6.54 Å². The molecular weight excluding hydrogens is 278 g/mol. The van der Waals surface area contributed by atoms with Crippen molar-refractivity contribution in [2.45, 2.75) is 37.4 Å². The molecule has 1 aromatic carbocycles. The number of hydrogen-bond acceptors (Lipinski definition) is 1. The van der Waals surface area contributed by atoms with E-state index in [1.165, 1.54) is 5.56 Å². The average molecular weight is 298 g/mol. The van der Waals surface area contributed by atoms with Crippen LogP contribution in [0.1, 0.15) is 31.7 Å². The molecule has 1 aromatic rings. The predicted molar refractivity (Wildman–Crippen MR) is 75.4 cm³/mol. The van der Waals surface area contributed by atoms with Gasteiger partial charge in [-0.1, -0.05) is 53.2 Å². The fraction of sp³-hybridized carbons (Fsp3) is 0.500. The van der Waals surface area contributed by atoms with Crippen LogP contribution in [0.3, 0.4) is 0 Å². The lowest BCUT2D eigenvalue weighted by atomic mass is 10.1. The van der Waals surface area contributed by atoms with Crippen LogP contribution in [0.15, 0.2) is 30.3 Å². The molecule has 0 saturated heterocycles. The summed E-state index contributed by atoms with van der Waals surface area (Å²) in [5, 5.41) is 2.93. The predicted octanol–water partition coefficient (Wildman–Crippen LogP) is 3.30. The molecule has 0 fully saturated rings. The van der Waals surface area contributed by atoms with E-state index in [0.717, 1.165) is 25.8 Å². The van der Waals surface area contributed by atoms with Gasteiger partial charge in [-0.2, -0.15) is 0 Å². The third-order valence-corrected chi connectivity index (χ3v) is 3.65. The lowest BCUT2D eigenvalue weighted by Crippen LogP contribution is -2.29. The van der Waals surface area contributed by atoms with Gasteiger partial charge in [-0.05, 0) is 24.8 Å². The maximum Gasteiger partial charge on any atom is 0.220 e. The van der Waals surface area contributed by atoms with Crippen molar-refractivity contribution in [3.63, 3.8) is 0 Å². The number of aryl methyl sites for hydroxylation is 1. The van der Waals surface area contributed by atoms with E-state index in [9.17, 15) is 4.79 Å². The standard InChI is InChI=1S/C14H20BrNO/c1-2-13(15)11-16-14(17)10-6-9-12-7-4-3-5-8-12/h3-5,7-8,13H,2,6,9-11H2,1H3,(H,16,17). The number of benzene rings is 1. The number of rotatable bonds is 7. The van der Waals surface area contributed by atoms with Crippen LogP contribution in [-0.2, 0) is 11.2 Å². The van der Waals surface area contributed by atoms with Gasteiger partial charge in [-0.15, -0.1) is 0 Å². The highest BCUT2D eigenvalue weighted by atomic mass is 79.9. The molecule has 1 N–H and O–H groups in total. The minimum absolute atomic E-state index is 0.152. The molecule has 0 saturated carbocycles. The Morgan fingerprint density at radius 2 is 2.06 bits per heavy atom. The number of halogens is 1. The highest BCUT2D eigenvalue weighted by molar-refractivity contribution is 9.09. The van der Waals surface area contributed by atoms with Gasteiger partial charge in [0.25, 0.3) is 0 Å². The second-order valence-electron chi connectivity index (χ2n) is 4.15. The van der Waals surface area contributed by atoms with Crippen molar-refractivity contribution in [2.24, 2.45) is 0 Å². The Labute approximate surface area is 112 Å². The Morgan fingerprint density at radius 1 is 1.35 bits per heavy atom. The SMILES string of the molecule is CCC(Br)CNC(=O)CCCc1ccccc1. The molecule has 1 atom stereocenters. The molecule has 0 radical (unpaired) electrons. The minimum atomic E-state index is 0.152. The molecule has 0 aromatic heterocycles. The van der Waals surface area contributed by atoms with Crippen molar-refractivity contribution >= 4 is 21.8 Å². The summed E-state index contributed by atoms with van der Waals surface area (Å²) in [5.74, 6) is 0.152. The summed E-state index contributed by atoms with van der Waals surface area (Å²) in [5.41, 5.74) is 1.30. The number of alkyl halides is 1. The molecule has 1 amide bonds. The molecule has 0 spiro atoms. The molecule has 94 valence electrons. The summed E-state index contributed by atoms with van der Waals surface area (Å²) in [6.45, 7) is 2.82. The van der Waals surface area contributed by atoms with Crippen LogP contribution in [0, 0.1) is 0 Å². The minimum Gasteiger partial charge on any atom is -0.355 e. The third kappa shape index (κ3) is 6.47. The van der Waals surface area contributed by atoms with Crippen LogP contribution in [0.5, 0.6) is 0 Å². The van der Waals surface area contributed by atoms with Gasteiger partial charge >= 0.3 is 0 Å². The number of hydrogen-bond donors (Lipinski definition) is 1. The highest BCUT2D eigenvalue weighted by Gasteiger charge is 2.04. The molecule has 1 rings (SSSR count). The maximum absolute atomic E-state index is 11.5. The Hall–Kier alpha value is -0.830. The van der Waals surface area contributed by atoms with Gasteiger partial charge in [0.2, 0.25) is 5.91 Å². The molecule has 2 nitrogen and oxygen atoms in total. The highest BCUT2D eigenvalue weighted by Crippen LogP contribution is 2.05. The zero-order chi connectivity index (χ0) is 12.5. The first kappa shape index (κ1) is 14.2. The lowest BCUT2D eigenvalue weighted by Gasteiger charge is -2.08. The molecule has 0 aliphatic heterocycles. The van der Waals surface area contributed by atoms with Crippen molar-refractivity contribution in [3.05, 3.63) is 35.9 Å². The molecule has 0 heterocycles. The second-order valence-corrected chi connectivity index (χ2v) is 5.44. The van der Waals surface area contributed by atoms with Crippen LogP contribution in [0.2, 0.25) is 0 Å². The van der Waals surface area contributed by atoms with Gasteiger partial charge in [0.05, 0.1) is 0 Å². The van der Waals surface area contributed by atoms with Crippen LogP contribution >= 0.6 is 15.9 Å². The largest absolute Gasteiger partial charge is 0.355 e. The van der Waals surface area contributed by atoms with E-state index in [-0.39, 0.29) is 5.91 Å². The maximum atomic E-state index is 11.5. The van der Waals surface area contributed by atoms with Crippen LogP contribution in [0.4, 0.5) is 0 Å². The van der Waals surface area contributed by atoms with E-state index < -0.39 is 0 Å². The van der Waals surface area contributed by atoms with Crippen LogP contribution < -0.4 is 5.32 Å². The zero-order valence-corrected chi connectivity index (χ0v) is 11.9. The summed E-state index contributed by atoms with van der Waals surface area (Å²) >= 11 is 3.50. The summed E-state index contributed by atoms with van der Waals surface area (Å²) < 4.78 is 0. The van der Waals surface area contributed by atoms with E-state index in [1.54, 1.807) is 0 Å². The summed E-state index contributed by atoms with van der Waals surface area (Å²) in [4.78, 5) is 11.9. The first-order valence-electron chi connectivity index (χ1n) is 6.17. The molecule has 0 bridgehead atoms.